The number of unbranched alkanes of at least 4 members (excludes halogenated alkanes) is 16. The van der Waals surface area contributed by atoms with Crippen LogP contribution in [0.3, 0.4) is 0 Å². The van der Waals surface area contributed by atoms with Crippen LogP contribution in [0, 0.1) is 0 Å². The molecule has 0 aliphatic rings. The lowest BCUT2D eigenvalue weighted by molar-refractivity contribution is 0.177. The Morgan fingerprint density at radius 1 is 0.536 bits per heavy atom. The van der Waals surface area contributed by atoms with E-state index in [9.17, 15) is 0 Å². The van der Waals surface area contributed by atoms with Gasteiger partial charge in [-0.05, 0) is 25.1 Å². The summed E-state index contributed by atoms with van der Waals surface area (Å²) in [6, 6.07) is 0. The molecule has 0 aromatic rings. The van der Waals surface area contributed by atoms with Crippen molar-refractivity contribution in [2.75, 3.05) is 13.2 Å². The molecule has 0 aromatic heterocycles. The Labute approximate surface area is 179 Å². The van der Waals surface area contributed by atoms with Gasteiger partial charge in [-0.25, -0.2) is 0 Å². The summed E-state index contributed by atoms with van der Waals surface area (Å²) in [5.41, 5.74) is 1.95. The quantitative estimate of drug-likeness (QED) is 0.123. The van der Waals surface area contributed by atoms with E-state index in [0.717, 1.165) is 26.1 Å². The van der Waals surface area contributed by atoms with Gasteiger partial charge in [0.05, 0.1) is 0 Å². The zero-order chi connectivity index (χ0) is 20.8. The predicted molar refractivity (Wildman–Crippen MR) is 128 cm³/mol. The van der Waals surface area contributed by atoms with Gasteiger partial charge >= 0.3 is 8.56 Å². The zero-order valence-electron chi connectivity index (χ0n) is 19.7. The van der Waals surface area contributed by atoms with Gasteiger partial charge in [0.25, 0.3) is 0 Å². The van der Waals surface area contributed by atoms with Gasteiger partial charge in [0.15, 0.2) is 0 Å². The van der Waals surface area contributed by atoms with E-state index in [1.165, 1.54) is 103 Å². The maximum atomic E-state index is 6.11. The van der Waals surface area contributed by atoms with E-state index in [2.05, 4.69) is 27.0 Å². The third-order valence-electron chi connectivity index (χ3n) is 5.64. The van der Waals surface area contributed by atoms with Gasteiger partial charge in [0.1, 0.15) is 0 Å². The molecule has 0 heterocycles. The molecule has 0 aliphatic carbocycles. The Balaban J connectivity index is 3.41. The van der Waals surface area contributed by atoms with Crippen molar-refractivity contribution in [1.29, 1.82) is 0 Å². The minimum absolute atomic E-state index is 0.830. The third kappa shape index (κ3) is 19.2. The first kappa shape index (κ1) is 27.9. The average Bonchev–Trinajstić information content (AvgIpc) is 2.71. The fourth-order valence-electron chi connectivity index (χ4n) is 3.53. The first-order valence-electron chi connectivity index (χ1n) is 12.6. The topological polar surface area (TPSA) is 18.5 Å². The second-order valence-corrected chi connectivity index (χ2v) is 11.6. The lowest BCUT2D eigenvalue weighted by atomic mass is 10.0. The Morgan fingerprint density at radius 2 is 0.821 bits per heavy atom. The number of hydrogen-bond acceptors (Lipinski definition) is 2. The van der Waals surface area contributed by atoms with E-state index in [1.807, 2.05) is 5.70 Å². The van der Waals surface area contributed by atoms with Gasteiger partial charge in [-0.1, -0.05) is 117 Å². The monoisotopic (exact) mass is 412 g/mol. The van der Waals surface area contributed by atoms with Crippen molar-refractivity contribution in [2.45, 2.75) is 136 Å². The molecule has 168 valence electrons. The molecular formula is C25H52O2Si. The standard InChI is InChI=1S/C25H52O2Si/c1-5-8-10-12-13-14-15-16-17-18-19-21-23-25-27-28(4,7-3)26-24-22-20-11-9-6-2/h7H,3,5-6,8-25H2,1-2,4H3. The van der Waals surface area contributed by atoms with Gasteiger partial charge in [-0.3, -0.25) is 0 Å². The van der Waals surface area contributed by atoms with Crippen molar-refractivity contribution in [2.24, 2.45) is 0 Å². The Morgan fingerprint density at radius 3 is 1.11 bits per heavy atom. The fourth-order valence-corrected chi connectivity index (χ4v) is 4.95. The van der Waals surface area contributed by atoms with E-state index in [0.29, 0.717) is 0 Å². The molecule has 2 nitrogen and oxygen atoms in total. The Bertz CT molecular complexity index is 322. The van der Waals surface area contributed by atoms with Gasteiger partial charge < -0.3 is 8.85 Å². The lowest BCUT2D eigenvalue weighted by Crippen LogP contribution is -2.37. The molecule has 0 saturated carbocycles. The highest BCUT2D eigenvalue weighted by molar-refractivity contribution is 6.71. The van der Waals surface area contributed by atoms with Crippen molar-refractivity contribution in [3.05, 3.63) is 12.3 Å². The van der Waals surface area contributed by atoms with Gasteiger partial charge in [-0.2, -0.15) is 0 Å². The van der Waals surface area contributed by atoms with Crippen LogP contribution in [0.15, 0.2) is 12.3 Å². The SMILES string of the molecule is C=C[Si](C)(OCCCCCCC)OCCCCCCCCCCCCCCC. The summed E-state index contributed by atoms with van der Waals surface area (Å²) in [5, 5.41) is 0. The molecule has 3 heteroatoms. The molecule has 0 rings (SSSR count). The molecule has 0 radical (unpaired) electrons. The molecule has 0 aromatic carbocycles. The first-order chi connectivity index (χ1) is 13.7. The Hall–Kier alpha value is -0.123. The van der Waals surface area contributed by atoms with E-state index in [4.69, 9.17) is 8.85 Å². The molecule has 0 saturated heterocycles. The van der Waals surface area contributed by atoms with Crippen LogP contribution in [0.2, 0.25) is 6.55 Å². The molecule has 0 amide bonds. The highest BCUT2D eigenvalue weighted by Gasteiger charge is 2.26. The summed E-state index contributed by atoms with van der Waals surface area (Å²) in [5.74, 6) is 0. The zero-order valence-corrected chi connectivity index (χ0v) is 20.7. The van der Waals surface area contributed by atoms with Crippen LogP contribution in [-0.2, 0) is 8.85 Å². The average molecular weight is 413 g/mol. The molecule has 1 atom stereocenters. The summed E-state index contributed by atoms with van der Waals surface area (Å²) in [7, 11) is -2.13. The molecule has 0 bridgehead atoms. The summed E-state index contributed by atoms with van der Waals surface area (Å²) in [6.07, 6.45) is 24.4. The molecule has 0 spiro atoms. The third-order valence-corrected chi connectivity index (χ3v) is 7.94. The largest absolute Gasteiger partial charge is 0.391 e. The minimum atomic E-state index is -2.13. The van der Waals surface area contributed by atoms with Crippen LogP contribution >= 0.6 is 0 Å². The van der Waals surface area contributed by atoms with E-state index in [1.54, 1.807) is 0 Å². The van der Waals surface area contributed by atoms with Crippen LogP contribution in [0.25, 0.3) is 0 Å². The molecule has 0 fully saturated rings. The summed E-state index contributed by atoms with van der Waals surface area (Å²) < 4.78 is 12.2. The van der Waals surface area contributed by atoms with Crippen molar-refractivity contribution in [1.82, 2.24) is 0 Å². The molecular weight excluding hydrogens is 360 g/mol. The van der Waals surface area contributed by atoms with Crippen molar-refractivity contribution >= 4 is 8.56 Å². The van der Waals surface area contributed by atoms with E-state index >= 15 is 0 Å². The van der Waals surface area contributed by atoms with Crippen LogP contribution in [0.4, 0.5) is 0 Å². The van der Waals surface area contributed by atoms with Crippen molar-refractivity contribution in [3.63, 3.8) is 0 Å². The maximum absolute atomic E-state index is 6.11. The molecule has 1 unspecified atom stereocenters. The fraction of sp³-hybridized carbons (Fsp3) is 0.920. The van der Waals surface area contributed by atoms with Gasteiger partial charge in [0.2, 0.25) is 0 Å². The predicted octanol–water partition coefficient (Wildman–Crippen LogP) is 8.88. The maximum Gasteiger partial charge on any atom is 0.361 e. The first-order valence-corrected chi connectivity index (χ1v) is 15.0. The van der Waals surface area contributed by atoms with Gasteiger partial charge in [-0.15, -0.1) is 6.58 Å². The Kier molecular flexibility index (Phi) is 21.5. The summed E-state index contributed by atoms with van der Waals surface area (Å²) >= 11 is 0. The summed E-state index contributed by atoms with van der Waals surface area (Å²) in [6.45, 7) is 12.3. The molecule has 0 aliphatic heterocycles. The van der Waals surface area contributed by atoms with Crippen LogP contribution < -0.4 is 0 Å². The second-order valence-electron chi connectivity index (χ2n) is 8.57. The van der Waals surface area contributed by atoms with Crippen LogP contribution in [0.1, 0.15) is 129 Å². The number of rotatable bonds is 23. The molecule has 0 N–H and O–H groups in total. The molecule has 28 heavy (non-hydrogen) atoms. The highest BCUT2D eigenvalue weighted by Crippen LogP contribution is 2.14. The number of hydrogen-bond donors (Lipinski definition) is 0. The van der Waals surface area contributed by atoms with Crippen molar-refractivity contribution in [3.8, 4) is 0 Å². The minimum Gasteiger partial charge on any atom is -0.391 e. The smallest absolute Gasteiger partial charge is 0.361 e. The van der Waals surface area contributed by atoms with Crippen molar-refractivity contribution < 1.29 is 8.85 Å². The van der Waals surface area contributed by atoms with E-state index in [-0.39, 0.29) is 0 Å². The van der Waals surface area contributed by atoms with Gasteiger partial charge in [0, 0.05) is 13.2 Å². The van der Waals surface area contributed by atoms with Crippen LogP contribution in [-0.4, -0.2) is 21.8 Å². The van der Waals surface area contributed by atoms with E-state index < -0.39 is 8.56 Å². The normalized spacial score (nSPS) is 13.5. The highest BCUT2D eigenvalue weighted by atomic mass is 28.4. The van der Waals surface area contributed by atoms with Crippen LogP contribution in [0.5, 0.6) is 0 Å². The second kappa shape index (κ2) is 21.6. The lowest BCUT2D eigenvalue weighted by Gasteiger charge is -2.23. The summed E-state index contributed by atoms with van der Waals surface area (Å²) in [4.78, 5) is 0.